The van der Waals surface area contributed by atoms with Crippen molar-refractivity contribution in [3.05, 3.63) is 64.7 Å². The van der Waals surface area contributed by atoms with Gasteiger partial charge >= 0.3 is 0 Å². The van der Waals surface area contributed by atoms with Crippen LogP contribution in [0, 0.1) is 11.6 Å². The van der Waals surface area contributed by atoms with Gasteiger partial charge in [-0.2, -0.15) is 4.31 Å². The first-order valence-electron chi connectivity index (χ1n) is 8.03. The molecule has 1 aliphatic rings. The van der Waals surface area contributed by atoms with E-state index in [1.807, 2.05) is 0 Å². The Morgan fingerprint density at radius 1 is 1.04 bits per heavy atom. The van der Waals surface area contributed by atoms with E-state index in [0.29, 0.717) is 23.8 Å². The summed E-state index contributed by atoms with van der Waals surface area (Å²) in [6, 6.07) is 8.49. The molecule has 1 atom stereocenters. The van der Waals surface area contributed by atoms with E-state index in [2.05, 4.69) is 0 Å². The minimum absolute atomic E-state index is 0.0108. The molecule has 0 radical (unpaired) electrons. The van der Waals surface area contributed by atoms with Crippen molar-refractivity contribution in [1.29, 1.82) is 0 Å². The second kappa shape index (κ2) is 7.46. The van der Waals surface area contributed by atoms with Crippen LogP contribution < -0.4 is 0 Å². The van der Waals surface area contributed by atoms with Gasteiger partial charge in [-0.25, -0.2) is 25.6 Å². The summed E-state index contributed by atoms with van der Waals surface area (Å²) in [5, 5.41) is -0.662. The van der Waals surface area contributed by atoms with E-state index in [1.54, 1.807) is 24.3 Å². The van der Waals surface area contributed by atoms with Crippen LogP contribution in [0.4, 0.5) is 8.78 Å². The largest absolute Gasteiger partial charge is 0.243 e. The predicted octanol–water partition coefficient (Wildman–Crippen LogP) is 3.17. The number of rotatable bonds is 3. The van der Waals surface area contributed by atoms with Gasteiger partial charge in [0.2, 0.25) is 10.0 Å². The minimum atomic E-state index is -4.24. The molecule has 5 nitrogen and oxygen atoms in total. The van der Waals surface area contributed by atoms with Crippen molar-refractivity contribution < 1.29 is 25.6 Å². The van der Waals surface area contributed by atoms with E-state index in [4.69, 9.17) is 11.6 Å². The fraction of sp³-hybridized carbons (Fsp3) is 0.294. The number of halogens is 3. The molecule has 1 unspecified atom stereocenters. The quantitative estimate of drug-likeness (QED) is 0.742. The summed E-state index contributed by atoms with van der Waals surface area (Å²) in [6.07, 6.45) is -0.0108. The van der Waals surface area contributed by atoms with Crippen molar-refractivity contribution in [1.82, 2.24) is 4.31 Å². The molecule has 1 aliphatic heterocycles. The maximum absolute atomic E-state index is 13.4. The summed E-state index contributed by atoms with van der Waals surface area (Å²) < 4.78 is 78.6. The summed E-state index contributed by atoms with van der Waals surface area (Å²) in [4.78, 5) is -0.548. The SMILES string of the molecule is O=S1(=O)CCN(S(=O)(=O)c2cc(F)cc(F)c2)CCC1c1ccccc1Cl. The number of sulfone groups is 1. The number of hydrogen-bond donors (Lipinski definition) is 0. The Labute approximate surface area is 161 Å². The minimum Gasteiger partial charge on any atom is -0.228 e. The second-order valence-electron chi connectivity index (χ2n) is 6.18. The van der Waals surface area contributed by atoms with E-state index in [9.17, 15) is 25.6 Å². The van der Waals surface area contributed by atoms with E-state index in [1.165, 1.54) is 0 Å². The smallest absolute Gasteiger partial charge is 0.228 e. The van der Waals surface area contributed by atoms with Gasteiger partial charge in [0.05, 0.1) is 15.9 Å². The topological polar surface area (TPSA) is 71.5 Å². The third kappa shape index (κ3) is 4.16. The van der Waals surface area contributed by atoms with Gasteiger partial charge in [-0.1, -0.05) is 29.8 Å². The summed E-state index contributed by atoms with van der Waals surface area (Å²) in [5.41, 5.74) is 0.412. The average molecular weight is 436 g/mol. The Morgan fingerprint density at radius 3 is 2.30 bits per heavy atom. The van der Waals surface area contributed by atoms with Crippen LogP contribution >= 0.6 is 11.6 Å². The fourth-order valence-corrected chi connectivity index (χ4v) is 6.84. The van der Waals surface area contributed by atoms with E-state index < -0.39 is 47.4 Å². The maximum atomic E-state index is 13.4. The molecule has 1 heterocycles. The molecule has 0 aromatic heterocycles. The molecular weight excluding hydrogens is 420 g/mol. The first-order valence-corrected chi connectivity index (χ1v) is 11.6. The standard InChI is InChI=1S/C17H16ClF2NO4S2/c18-16-4-2-1-3-15(16)17-5-6-21(7-8-26(17,22)23)27(24,25)14-10-12(19)9-13(20)11-14/h1-4,9-11,17H,5-8H2. The third-order valence-electron chi connectivity index (χ3n) is 4.43. The van der Waals surface area contributed by atoms with Crippen molar-refractivity contribution in [2.75, 3.05) is 18.8 Å². The van der Waals surface area contributed by atoms with Gasteiger partial charge in [0, 0.05) is 24.2 Å². The van der Waals surface area contributed by atoms with E-state index >= 15 is 0 Å². The molecule has 0 bridgehead atoms. The fourth-order valence-electron chi connectivity index (χ4n) is 3.08. The summed E-state index contributed by atoms with van der Waals surface area (Å²) in [5.74, 6) is -2.46. The zero-order valence-corrected chi connectivity index (χ0v) is 16.4. The summed E-state index contributed by atoms with van der Waals surface area (Å²) in [6.45, 7) is -0.417. The van der Waals surface area contributed by atoms with Crippen LogP contribution in [0.1, 0.15) is 17.2 Å². The first-order chi connectivity index (χ1) is 12.6. The highest BCUT2D eigenvalue weighted by Gasteiger charge is 2.36. The molecule has 2 aromatic rings. The summed E-state index contributed by atoms with van der Waals surface area (Å²) >= 11 is 6.12. The van der Waals surface area contributed by atoms with Gasteiger partial charge in [-0.15, -0.1) is 0 Å². The van der Waals surface area contributed by atoms with Crippen LogP contribution in [-0.2, 0) is 19.9 Å². The van der Waals surface area contributed by atoms with Crippen LogP contribution in [0.25, 0.3) is 0 Å². The monoisotopic (exact) mass is 435 g/mol. The van der Waals surface area contributed by atoms with Crippen LogP contribution in [0.15, 0.2) is 47.4 Å². The molecule has 2 aromatic carbocycles. The highest BCUT2D eigenvalue weighted by Crippen LogP contribution is 2.35. The lowest BCUT2D eigenvalue weighted by Gasteiger charge is -2.20. The van der Waals surface area contributed by atoms with Crippen molar-refractivity contribution in [3.63, 3.8) is 0 Å². The molecular formula is C17H16ClF2NO4S2. The Bertz CT molecular complexity index is 1050. The van der Waals surface area contributed by atoms with Gasteiger partial charge in [0.15, 0.2) is 9.84 Å². The van der Waals surface area contributed by atoms with Gasteiger partial charge in [0.1, 0.15) is 11.6 Å². The van der Waals surface area contributed by atoms with Gasteiger partial charge < -0.3 is 0 Å². The number of nitrogens with zero attached hydrogens (tertiary/aromatic N) is 1. The third-order valence-corrected chi connectivity index (χ3v) is 8.75. The van der Waals surface area contributed by atoms with Crippen molar-refractivity contribution in [3.8, 4) is 0 Å². The average Bonchev–Trinajstić information content (AvgIpc) is 2.73. The normalized spacial score (nSPS) is 20.9. The van der Waals surface area contributed by atoms with E-state index in [-0.39, 0.29) is 24.5 Å². The lowest BCUT2D eigenvalue weighted by Crippen LogP contribution is -2.33. The Hall–Kier alpha value is -1.55. The molecule has 0 saturated carbocycles. The van der Waals surface area contributed by atoms with Crippen molar-refractivity contribution in [2.24, 2.45) is 0 Å². The molecule has 1 saturated heterocycles. The Kier molecular flexibility index (Phi) is 5.58. The molecule has 0 amide bonds. The van der Waals surface area contributed by atoms with Gasteiger partial charge in [-0.3, -0.25) is 0 Å². The molecule has 27 heavy (non-hydrogen) atoms. The number of benzene rings is 2. The lowest BCUT2D eigenvalue weighted by atomic mass is 10.1. The predicted molar refractivity (Wildman–Crippen MR) is 97.7 cm³/mol. The molecule has 0 N–H and O–H groups in total. The zero-order chi connectivity index (χ0) is 19.8. The van der Waals surface area contributed by atoms with Gasteiger partial charge in [-0.05, 0) is 30.2 Å². The molecule has 0 spiro atoms. The summed E-state index contributed by atoms with van der Waals surface area (Å²) in [7, 11) is -7.91. The zero-order valence-electron chi connectivity index (χ0n) is 14.0. The molecule has 0 aliphatic carbocycles. The highest BCUT2D eigenvalue weighted by molar-refractivity contribution is 7.92. The highest BCUT2D eigenvalue weighted by atomic mass is 35.5. The first kappa shape index (κ1) is 20.2. The van der Waals surface area contributed by atoms with Crippen LogP contribution in [0.3, 0.4) is 0 Å². The van der Waals surface area contributed by atoms with Crippen molar-refractivity contribution in [2.45, 2.75) is 16.6 Å². The second-order valence-corrected chi connectivity index (χ2v) is 10.8. The van der Waals surface area contributed by atoms with Crippen LogP contribution in [-0.4, -0.2) is 40.0 Å². The maximum Gasteiger partial charge on any atom is 0.243 e. The Morgan fingerprint density at radius 2 is 1.67 bits per heavy atom. The lowest BCUT2D eigenvalue weighted by molar-refractivity contribution is 0.427. The number of sulfonamides is 1. The Balaban J connectivity index is 1.94. The van der Waals surface area contributed by atoms with Crippen LogP contribution in [0.2, 0.25) is 5.02 Å². The van der Waals surface area contributed by atoms with Crippen LogP contribution in [0.5, 0.6) is 0 Å². The van der Waals surface area contributed by atoms with Gasteiger partial charge in [0.25, 0.3) is 0 Å². The molecule has 146 valence electrons. The van der Waals surface area contributed by atoms with Crippen molar-refractivity contribution >= 4 is 31.5 Å². The molecule has 3 rings (SSSR count). The molecule has 1 fully saturated rings. The van der Waals surface area contributed by atoms with E-state index in [0.717, 1.165) is 4.31 Å². The molecule has 10 heteroatoms. The number of hydrogen-bond acceptors (Lipinski definition) is 4.